The fourth-order valence-electron chi connectivity index (χ4n) is 4.18. The molecule has 0 aromatic carbocycles. The van der Waals surface area contributed by atoms with Crippen molar-refractivity contribution in [2.24, 2.45) is 5.92 Å². The van der Waals surface area contributed by atoms with Gasteiger partial charge in [0.1, 0.15) is 0 Å². The van der Waals surface area contributed by atoms with E-state index in [1.165, 1.54) is 0 Å². The predicted octanol–water partition coefficient (Wildman–Crippen LogP) is 0.799. The molecule has 0 aromatic heterocycles. The summed E-state index contributed by atoms with van der Waals surface area (Å²) < 4.78 is 23.2. The van der Waals surface area contributed by atoms with Crippen molar-refractivity contribution in [3.8, 4) is 0 Å². The molecule has 2 heterocycles. The monoisotopic (exact) mass is 273 g/mol. The Morgan fingerprint density at radius 1 is 1.06 bits per heavy atom. The van der Waals surface area contributed by atoms with Crippen LogP contribution in [0.3, 0.4) is 0 Å². The highest BCUT2D eigenvalue weighted by molar-refractivity contribution is 7.91. The Morgan fingerprint density at radius 3 is 2.50 bits per heavy atom. The molecule has 0 aromatic rings. The fourth-order valence-corrected chi connectivity index (χ4v) is 5.93. The average Bonchev–Trinajstić information content (AvgIpc) is 2.96. The number of hydrogen-bond donors (Lipinski definition) is 1. The molecule has 0 radical (unpaired) electrons. The minimum absolute atomic E-state index is 0.159. The molecule has 3 fully saturated rings. The van der Waals surface area contributed by atoms with Gasteiger partial charge in [0.15, 0.2) is 9.84 Å². The predicted molar refractivity (Wildman–Crippen MR) is 70.1 cm³/mol. The minimum atomic E-state index is -2.80. The maximum absolute atomic E-state index is 11.6. The van der Waals surface area contributed by atoms with E-state index in [0.29, 0.717) is 23.5 Å². The van der Waals surface area contributed by atoms with Gasteiger partial charge >= 0.3 is 0 Å². The Hall–Kier alpha value is -0.130. The molecule has 5 heteroatoms. The van der Waals surface area contributed by atoms with Crippen molar-refractivity contribution in [3.05, 3.63) is 0 Å². The molecule has 18 heavy (non-hydrogen) atoms. The van der Waals surface area contributed by atoms with Crippen LogP contribution in [0.5, 0.6) is 0 Å². The van der Waals surface area contributed by atoms with E-state index in [9.17, 15) is 13.5 Å². The summed E-state index contributed by atoms with van der Waals surface area (Å²) in [6.07, 6.45) is 6.09. The molecule has 4 unspecified atom stereocenters. The zero-order valence-electron chi connectivity index (χ0n) is 10.8. The lowest BCUT2D eigenvalue weighted by molar-refractivity contribution is 0.0609. The van der Waals surface area contributed by atoms with Gasteiger partial charge in [-0.25, -0.2) is 8.42 Å². The number of nitrogens with zero attached hydrogens (tertiary/aromatic N) is 1. The maximum atomic E-state index is 11.6. The van der Waals surface area contributed by atoms with Crippen LogP contribution in [0, 0.1) is 5.92 Å². The fraction of sp³-hybridized carbons (Fsp3) is 1.00. The summed E-state index contributed by atoms with van der Waals surface area (Å²) in [6.45, 7) is 1.02. The Balaban J connectivity index is 1.72. The largest absolute Gasteiger partial charge is 0.393 e. The molecule has 0 spiro atoms. The summed E-state index contributed by atoms with van der Waals surface area (Å²) in [5.41, 5.74) is 0. The van der Waals surface area contributed by atoms with Gasteiger partial charge in [0, 0.05) is 18.0 Å². The van der Waals surface area contributed by atoms with Crippen LogP contribution in [0.25, 0.3) is 0 Å². The van der Waals surface area contributed by atoms with E-state index in [2.05, 4.69) is 4.90 Å². The van der Waals surface area contributed by atoms with Gasteiger partial charge in [-0.1, -0.05) is 6.42 Å². The molecule has 1 saturated carbocycles. The van der Waals surface area contributed by atoms with Crippen molar-refractivity contribution < 1.29 is 13.5 Å². The molecule has 104 valence electrons. The lowest BCUT2D eigenvalue weighted by atomic mass is 9.93. The van der Waals surface area contributed by atoms with Crippen LogP contribution in [0.1, 0.15) is 38.5 Å². The first kappa shape index (κ1) is 12.9. The zero-order valence-corrected chi connectivity index (χ0v) is 11.6. The quantitative estimate of drug-likeness (QED) is 0.808. The summed E-state index contributed by atoms with van der Waals surface area (Å²) in [4.78, 5) is 2.41. The normalized spacial score (nSPS) is 44.7. The standard InChI is InChI=1S/C13H23NO3S/c15-13-5-1-3-11(13)12-4-2-7-14(12)10-6-8-18(16,17)9-10/h10-13,15H,1-9H2. The van der Waals surface area contributed by atoms with E-state index in [0.717, 1.165) is 45.1 Å². The number of aliphatic hydroxyl groups excluding tert-OH is 1. The third-order valence-electron chi connectivity index (χ3n) is 5.05. The van der Waals surface area contributed by atoms with Gasteiger partial charge in [0.05, 0.1) is 17.6 Å². The van der Waals surface area contributed by atoms with Crippen LogP contribution in [0.2, 0.25) is 0 Å². The smallest absolute Gasteiger partial charge is 0.151 e. The van der Waals surface area contributed by atoms with Crippen LogP contribution in [-0.4, -0.2) is 54.7 Å². The second kappa shape index (κ2) is 4.76. The van der Waals surface area contributed by atoms with Crippen molar-refractivity contribution >= 4 is 9.84 Å². The highest BCUT2D eigenvalue weighted by atomic mass is 32.2. The van der Waals surface area contributed by atoms with Crippen molar-refractivity contribution in [1.29, 1.82) is 0 Å². The first-order chi connectivity index (χ1) is 8.57. The van der Waals surface area contributed by atoms with Gasteiger partial charge in [-0.05, 0) is 38.6 Å². The highest BCUT2D eigenvalue weighted by Gasteiger charge is 2.43. The highest BCUT2D eigenvalue weighted by Crippen LogP contribution is 2.38. The lowest BCUT2D eigenvalue weighted by Crippen LogP contribution is -2.45. The van der Waals surface area contributed by atoms with Crippen LogP contribution in [0.4, 0.5) is 0 Å². The van der Waals surface area contributed by atoms with Crippen LogP contribution in [0.15, 0.2) is 0 Å². The summed E-state index contributed by atoms with van der Waals surface area (Å²) in [6, 6.07) is 0.649. The molecular weight excluding hydrogens is 250 g/mol. The van der Waals surface area contributed by atoms with E-state index < -0.39 is 9.84 Å². The number of aliphatic hydroxyl groups is 1. The maximum Gasteiger partial charge on any atom is 0.151 e. The Bertz CT molecular complexity index is 408. The molecule has 2 saturated heterocycles. The summed E-state index contributed by atoms with van der Waals surface area (Å²) in [5, 5.41) is 10.1. The molecule has 0 bridgehead atoms. The number of rotatable bonds is 2. The molecule has 1 N–H and O–H groups in total. The van der Waals surface area contributed by atoms with Crippen molar-refractivity contribution in [2.45, 2.75) is 56.7 Å². The number of hydrogen-bond acceptors (Lipinski definition) is 4. The molecule has 0 amide bonds. The summed E-state index contributed by atoms with van der Waals surface area (Å²) in [7, 11) is -2.80. The van der Waals surface area contributed by atoms with Gasteiger partial charge in [-0.15, -0.1) is 0 Å². The van der Waals surface area contributed by atoms with E-state index >= 15 is 0 Å². The van der Waals surface area contributed by atoms with Gasteiger partial charge in [-0.2, -0.15) is 0 Å². The summed E-state index contributed by atoms with van der Waals surface area (Å²) in [5.74, 6) is 1.08. The number of likely N-dealkylation sites (tertiary alicyclic amines) is 1. The second-order valence-corrected chi connectivity index (χ2v) is 8.40. The van der Waals surface area contributed by atoms with Crippen molar-refractivity contribution in [2.75, 3.05) is 18.1 Å². The Kier molecular flexibility index (Phi) is 3.41. The minimum Gasteiger partial charge on any atom is -0.393 e. The van der Waals surface area contributed by atoms with Crippen LogP contribution >= 0.6 is 0 Å². The third-order valence-corrected chi connectivity index (χ3v) is 6.80. The van der Waals surface area contributed by atoms with E-state index in [1.54, 1.807) is 0 Å². The van der Waals surface area contributed by atoms with Gasteiger partial charge in [-0.3, -0.25) is 4.90 Å². The van der Waals surface area contributed by atoms with Crippen molar-refractivity contribution in [1.82, 2.24) is 4.90 Å². The Labute approximate surface area is 109 Å². The first-order valence-corrected chi connectivity index (χ1v) is 9.03. The third kappa shape index (κ3) is 2.32. The van der Waals surface area contributed by atoms with Crippen LogP contribution < -0.4 is 0 Å². The number of sulfone groups is 1. The second-order valence-electron chi connectivity index (χ2n) is 6.17. The average molecular weight is 273 g/mol. The zero-order chi connectivity index (χ0) is 12.8. The molecule has 1 aliphatic carbocycles. The van der Waals surface area contributed by atoms with Gasteiger partial charge < -0.3 is 5.11 Å². The van der Waals surface area contributed by atoms with E-state index in [1.807, 2.05) is 0 Å². The molecule has 4 atom stereocenters. The molecule has 2 aliphatic heterocycles. The SMILES string of the molecule is O=S1(=O)CCC(N2CCCC2C2CCCC2O)C1. The lowest BCUT2D eigenvalue weighted by Gasteiger charge is -2.34. The molecule has 3 rings (SSSR count). The summed E-state index contributed by atoms with van der Waals surface area (Å²) >= 11 is 0. The first-order valence-electron chi connectivity index (χ1n) is 7.21. The Morgan fingerprint density at radius 2 is 1.89 bits per heavy atom. The van der Waals surface area contributed by atoms with E-state index in [-0.39, 0.29) is 12.1 Å². The van der Waals surface area contributed by atoms with Gasteiger partial charge in [0.2, 0.25) is 0 Å². The van der Waals surface area contributed by atoms with E-state index in [4.69, 9.17) is 0 Å². The molecular formula is C13H23NO3S. The van der Waals surface area contributed by atoms with Gasteiger partial charge in [0.25, 0.3) is 0 Å². The van der Waals surface area contributed by atoms with Crippen molar-refractivity contribution in [3.63, 3.8) is 0 Å². The topological polar surface area (TPSA) is 57.6 Å². The van der Waals surface area contributed by atoms with Crippen LogP contribution in [-0.2, 0) is 9.84 Å². The molecule has 4 nitrogen and oxygen atoms in total. The molecule has 3 aliphatic rings.